The van der Waals surface area contributed by atoms with Gasteiger partial charge in [0.2, 0.25) is 0 Å². The predicted octanol–water partition coefficient (Wildman–Crippen LogP) is 0.498. The van der Waals surface area contributed by atoms with Gasteiger partial charge in [-0.1, -0.05) is 12.1 Å². The van der Waals surface area contributed by atoms with Gasteiger partial charge in [0.25, 0.3) is 0 Å². The summed E-state index contributed by atoms with van der Waals surface area (Å²) < 4.78 is 12.8. The number of nitriles is 1. The van der Waals surface area contributed by atoms with Gasteiger partial charge in [-0.2, -0.15) is 15.2 Å². The lowest BCUT2D eigenvalue weighted by Gasteiger charge is -2.16. The number of nitrogens with two attached hydrogens (primary N) is 1. The number of anilines is 1. The van der Waals surface area contributed by atoms with Gasteiger partial charge in [0.1, 0.15) is 18.8 Å². The second-order valence-electron chi connectivity index (χ2n) is 6.53. The Bertz CT molecular complexity index is 1040. The van der Waals surface area contributed by atoms with E-state index in [-0.39, 0.29) is 18.4 Å². The van der Waals surface area contributed by atoms with Gasteiger partial charge in [-0.05, 0) is 24.6 Å². The highest BCUT2D eigenvalue weighted by molar-refractivity contribution is 5.82. The van der Waals surface area contributed by atoms with Crippen molar-refractivity contribution >= 4 is 17.0 Å². The summed E-state index contributed by atoms with van der Waals surface area (Å²) in [5.41, 5.74) is 8.03. The standard InChI is InChI=1S/C18H18N6O4/c1-9-13(25)14(26)17(28-9)24-8-21-12-15(20)22-18(23-16(12)24)27-7-11-4-2-10(6-19)3-5-11/h2-5,8-9,13-14,17,25-26H,7H2,1H3,(H2,20,22,23)/t9-,13-,14-,17-/m1/s1. The van der Waals surface area contributed by atoms with Gasteiger partial charge in [-0.25, -0.2) is 4.98 Å². The van der Waals surface area contributed by atoms with Gasteiger partial charge >= 0.3 is 6.01 Å². The minimum absolute atomic E-state index is 0.0391. The van der Waals surface area contributed by atoms with Crippen LogP contribution >= 0.6 is 0 Å². The number of nitrogens with zero attached hydrogens (tertiary/aromatic N) is 5. The second kappa shape index (κ2) is 7.05. The van der Waals surface area contributed by atoms with Crippen molar-refractivity contribution < 1.29 is 19.7 Å². The number of hydrogen-bond donors (Lipinski definition) is 3. The summed E-state index contributed by atoms with van der Waals surface area (Å²) >= 11 is 0. The molecule has 1 aromatic carbocycles. The quantitative estimate of drug-likeness (QED) is 0.585. The Kier molecular flexibility index (Phi) is 4.56. The van der Waals surface area contributed by atoms with Crippen LogP contribution in [-0.4, -0.2) is 48.0 Å². The van der Waals surface area contributed by atoms with Crippen molar-refractivity contribution in [2.24, 2.45) is 0 Å². The molecule has 10 nitrogen and oxygen atoms in total. The molecule has 0 unspecified atom stereocenters. The zero-order valence-corrected chi connectivity index (χ0v) is 14.9. The normalized spacial score (nSPS) is 24.4. The molecule has 4 rings (SSSR count). The smallest absolute Gasteiger partial charge is 0.320 e. The summed E-state index contributed by atoms with van der Waals surface area (Å²) in [5, 5.41) is 29.0. The summed E-state index contributed by atoms with van der Waals surface area (Å²) in [6.07, 6.45) is -2.11. The third-order valence-electron chi connectivity index (χ3n) is 4.63. The fourth-order valence-electron chi connectivity index (χ4n) is 3.05. The largest absolute Gasteiger partial charge is 0.458 e. The lowest BCUT2D eigenvalue weighted by atomic mass is 10.1. The van der Waals surface area contributed by atoms with Crippen LogP contribution in [0.5, 0.6) is 6.01 Å². The first-order valence-corrected chi connectivity index (χ1v) is 8.61. The highest BCUT2D eigenvalue weighted by atomic mass is 16.6. The van der Waals surface area contributed by atoms with Crippen molar-refractivity contribution in [3.8, 4) is 12.1 Å². The Labute approximate surface area is 159 Å². The molecule has 28 heavy (non-hydrogen) atoms. The van der Waals surface area contributed by atoms with Crippen LogP contribution < -0.4 is 10.5 Å². The molecule has 3 heterocycles. The third-order valence-corrected chi connectivity index (χ3v) is 4.63. The number of rotatable bonds is 4. The van der Waals surface area contributed by atoms with Gasteiger partial charge < -0.3 is 25.4 Å². The van der Waals surface area contributed by atoms with E-state index >= 15 is 0 Å². The molecule has 0 bridgehead atoms. The van der Waals surface area contributed by atoms with Crippen LogP contribution in [0.15, 0.2) is 30.6 Å². The highest BCUT2D eigenvalue weighted by Gasteiger charge is 2.42. The van der Waals surface area contributed by atoms with Gasteiger partial charge in [0.05, 0.1) is 24.1 Å². The molecule has 4 atom stereocenters. The molecular formula is C18H18N6O4. The van der Waals surface area contributed by atoms with Gasteiger partial charge in [-0.3, -0.25) is 4.57 Å². The Morgan fingerprint density at radius 2 is 2.00 bits per heavy atom. The Morgan fingerprint density at radius 1 is 1.25 bits per heavy atom. The monoisotopic (exact) mass is 382 g/mol. The molecule has 0 radical (unpaired) electrons. The zero-order chi connectivity index (χ0) is 19.8. The van der Waals surface area contributed by atoms with E-state index in [2.05, 4.69) is 21.0 Å². The molecular weight excluding hydrogens is 364 g/mol. The van der Waals surface area contributed by atoms with Crippen LogP contribution in [-0.2, 0) is 11.3 Å². The maximum atomic E-state index is 10.2. The number of hydrogen-bond acceptors (Lipinski definition) is 9. The number of aliphatic hydroxyl groups is 2. The topological polar surface area (TPSA) is 152 Å². The second-order valence-corrected chi connectivity index (χ2v) is 6.53. The number of nitrogen functional groups attached to an aromatic ring is 1. The molecule has 144 valence electrons. The molecule has 10 heteroatoms. The molecule has 1 aliphatic rings. The Balaban J connectivity index is 1.61. The summed E-state index contributed by atoms with van der Waals surface area (Å²) in [5.74, 6) is 0.125. The SMILES string of the molecule is C[C@H]1O[C@@H](n2cnc3c(N)nc(OCc4ccc(C#N)cc4)nc32)[C@H](O)[C@@H]1O. The van der Waals surface area contributed by atoms with E-state index in [1.807, 2.05) is 0 Å². The average molecular weight is 382 g/mol. The van der Waals surface area contributed by atoms with Crippen LogP contribution in [0.1, 0.15) is 24.3 Å². The first-order valence-electron chi connectivity index (χ1n) is 8.61. The van der Waals surface area contributed by atoms with E-state index in [0.29, 0.717) is 16.7 Å². The molecule has 1 fully saturated rings. The van der Waals surface area contributed by atoms with Crippen LogP contribution in [0.2, 0.25) is 0 Å². The first-order chi connectivity index (χ1) is 13.5. The highest BCUT2D eigenvalue weighted by Crippen LogP contribution is 2.32. The summed E-state index contributed by atoms with van der Waals surface area (Å²) in [4.78, 5) is 12.6. The number of aromatic nitrogens is 4. The van der Waals surface area contributed by atoms with E-state index in [9.17, 15) is 10.2 Å². The third kappa shape index (κ3) is 3.11. The van der Waals surface area contributed by atoms with Gasteiger partial charge in [0.15, 0.2) is 23.2 Å². The van der Waals surface area contributed by atoms with Crippen LogP contribution in [0, 0.1) is 11.3 Å². The maximum Gasteiger partial charge on any atom is 0.320 e. The summed E-state index contributed by atoms with van der Waals surface area (Å²) in [6, 6.07) is 9.02. The number of benzene rings is 1. The lowest BCUT2D eigenvalue weighted by Crippen LogP contribution is -2.30. The number of aliphatic hydroxyl groups excluding tert-OH is 2. The number of fused-ring (bicyclic) bond motifs is 1. The predicted molar refractivity (Wildman–Crippen MR) is 96.8 cm³/mol. The molecule has 1 saturated heterocycles. The van der Waals surface area contributed by atoms with E-state index in [1.54, 1.807) is 31.2 Å². The van der Waals surface area contributed by atoms with Crippen molar-refractivity contribution in [3.05, 3.63) is 41.7 Å². The molecule has 0 saturated carbocycles. The lowest BCUT2D eigenvalue weighted by molar-refractivity contribution is -0.0300. The fraction of sp³-hybridized carbons (Fsp3) is 0.333. The van der Waals surface area contributed by atoms with E-state index in [0.717, 1.165) is 5.56 Å². The first kappa shape index (κ1) is 18.1. The average Bonchev–Trinajstić information content (AvgIpc) is 3.23. The van der Waals surface area contributed by atoms with Crippen LogP contribution in [0.4, 0.5) is 5.82 Å². The summed E-state index contributed by atoms with van der Waals surface area (Å²) in [7, 11) is 0. The Morgan fingerprint density at radius 3 is 2.64 bits per heavy atom. The number of ether oxygens (including phenoxy) is 2. The number of imidazole rings is 1. The molecule has 3 aromatic rings. The molecule has 1 aliphatic heterocycles. The molecule has 4 N–H and O–H groups in total. The van der Waals surface area contributed by atoms with Crippen molar-refractivity contribution in [2.75, 3.05) is 5.73 Å². The van der Waals surface area contributed by atoms with Gasteiger partial charge in [0, 0.05) is 0 Å². The van der Waals surface area contributed by atoms with Crippen molar-refractivity contribution in [1.29, 1.82) is 5.26 Å². The minimum Gasteiger partial charge on any atom is -0.458 e. The summed E-state index contributed by atoms with van der Waals surface area (Å²) in [6.45, 7) is 1.85. The van der Waals surface area contributed by atoms with E-state index in [4.69, 9.17) is 20.5 Å². The van der Waals surface area contributed by atoms with Crippen LogP contribution in [0.25, 0.3) is 11.2 Å². The molecule has 0 aliphatic carbocycles. The molecule has 0 spiro atoms. The van der Waals surface area contributed by atoms with Crippen LogP contribution in [0.3, 0.4) is 0 Å². The van der Waals surface area contributed by atoms with E-state index < -0.39 is 24.5 Å². The van der Waals surface area contributed by atoms with Crippen molar-refractivity contribution in [3.63, 3.8) is 0 Å². The van der Waals surface area contributed by atoms with Gasteiger partial charge in [-0.15, -0.1) is 0 Å². The molecule has 2 aromatic heterocycles. The zero-order valence-electron chi connectivity index (χ0n) is 14.9. The van der Waals surface area contributed by atoms with Crippen molar-refractivity contribution in [1.82, 2.24) is 19.5 Å². The fourth-order valence-corrected chi connectivity index (χ4v) is 3.05. The molecule has 0 amide bonds. The Hall–Kier alpha value is -3.26. The van der Waals surface area contributed by atoms with Crippen molar-refractivity contribution in [2.45, 2.75) is 38.1 Å². The minimum atomic E-state index is -1.13. The van der Waals surface area contributed by atoms with E-state index in [1.165, 1.54) is 10.9 Å². The maximum absolute atomic E-state index is 10.2.